The van der Waals surface area contributed by atoms with E-state index in [1.807, 2.05) is 30.3 Å². The van der Waals surface area contributed by atoms with Gasteiger partial charge >= 0.3 is 0 Å². The van der Waals surface area contributed by atoms with Gasteiger partial charge in [0.1, 0.15) is 5.75 Å². The number of anilines is 1. The van der Waals surface area contributed by atoms with E-state index >= 15 is 0 Å². The van der Waals surface area contributed by atoms with E-state index in [9.17, 15) is 0 Å². The van der Waals surface area contributed by atoms with Gasteiger partial charge in [-0.15, -0.1) is 0 Å². The lowest BCUT2D eigenvalue weighted by Gasteiger charge is -2.12. The minimum atomic E-state index is 0.481. The molecule has 1 heterocycles. The molecule has 2 aromatic rings. The number of methoxy groups -OCH3 is 2. The second kappa shape index (κ2) is 7.44. The first-order valence-corrected chi connectivity index (χ1v) is 6.80. The molecule has 21 heavy (non-hydrogen) atoms. The quantitative estimate of drug-likeness (QED) is 0.828. The van der Waals surface area contributed by atoms with Crippen molar-refractivity contribution < 1.29 is 9.47 Å². The number of hydrogen-bond donors (Lipinski definition) is 2. The van der Waals surface area contributed by atoms with E-state index in [-0.39, 0.29) is 0 Å². The van der Waals surface area contributed by atoms with Crippen LogP contribution in [0.15, 0.2) is 42.6 Å². The van der Waals surface area contributed by atoms with Crippen LogP contribution in [0.4, 0.5) is 5.82 Å². The van der Waals surface area contributed by atoms with Crippen molar-refractivity contribution in [1.29, 1.82) is 0 Å². The zero-order chi connectivity index (χ0) is 15.1. The number of ether oxygens (including phenoxy) is 2. The molecule has 0 atom stereocenters. The topological polar surface area (TPSA) is 55.4 Å². The molecule has 0 bridgehead atoms. The van der Waals surface area contributed by atoms with Crippen molar-refractivity contribution in [2.75, 3.05) is 19.5 Å². The molecule has 0 saturated carbocycles. The van der Waals surface area contributed by atoms with E-state index in [0.717, 1.165) is 11.3 Å². The fourth-order valence-corrected chi connectivity index (χ4v) is 1.93. The van der Waals surface area contributed by atoms with Crippen molar-refractivity contribution in [3.05, 3.63) is 48.2 Å². The normalized spacial score (nSPS) is 9.81. The van der Waals surface area contributed by atoms with Crippen molar-refractivity contribution in [2.24, 2.45) is 0 Å². The minimum absolute atomic E-state index is 0.481. The number of rotatable bonds is 5. The Morgan fingerprint density at radius 1 is 1.19 bits per heavy atom. The smallest absolute Gasteiger partial charge is 0.174 e. The van der Waals surface area contributed by atoms with Crippen LogP contribution in [0.3, 0.4) is 0 Å². The highest BCUT2D eigenvalue weighted by atomic mass is 32.1. The van der Waals surface area contributed by atoms with E-state index < -0.39 is 0 Å². The van der Waals surface area contributed by atoms with Crippen molar-refractivity contribution >= 4 is 23.1 Å². The molecule has 2 rings (SSSR count). The van der Waals surface area contributed by atoms with Gasteiger partial charge in [-0.3, -0.25) is 0 Å². The van der Waals surface area contributed by atoms with Crippen LogP contribution < -0.4 is 20.1 Å². The van der Waals surface area contributed by atoms with Crippen LogP contribution in [0.5, 0.6) is 11.5 Å². The molecule has 5 nitrogen and oxygen atoms in total. The molecule has 6 heteroatoms. The maximum Gasteiger partial charge on any atom is 0.174 e. The minimum Gasteiger partial charge on any atom is -0.497 e. The van der Waals surface area contributed by atoms with Crippen molar-refractivity contribution in [2.45, 2.75) is 6.54 Å². The highest BCUT2D eigenvalue weighted by Crippen LogP contribution is 2.19. The summed E-state index contributed by atoms with van der Waals surface area (Å²) < 4.78 is 10.4. The molecule has 0 spiro atoms. The van der Waals surface area contributed by atoms with Crippen LogP contribution in [-0.4, -0.2) is 24.3 Å². The lowest BCUT2D eigenvalue weighted by molar-refractivity contribution is 0.414. The van der Waals surface area contributed by atoms with Crippen LogP contribution in [-0.2, 0) is 6.54 Å². The standard InChI is InChI=1S/C15H17N3O2S/c1-19-12-6-3-5-11(9-12)10-17-15(21)18-14-13(20-2)7-4-8-16-14/h3-9H,10H2,1-2H3,(H2,16,17,18,21). The zero-order valence-electron chi connectivity index (χ0n) is 11.9. The molecule has 0 aliphatic carbocycles. The van der Waals surface area contributed by atoms with Gasteiger partial charge in [-0.2, -0.15) is 0 Å². The first kappa shape index (κ1) is 15.1. The molecule has 1 aromatic carbocycles. The van der Waals surface area contributed by atoms with Crippen LogP contribution in [0.1, 0.15) is 5.56 Å². The molecule has 0 aliphatic heterocycles. The van der Waals surface area contributed by atoms with Gasteiger partial charge in [-0.05, 0) is 42.0 Å². The second-order valence-electron chi connectivity index (χ2n) is 4.21. The first-order chi connectivity index (χ1) is 10.2. The Labute approximate surface area is 129 Å². The summed E-state index contributed by atoms with van der Waals surface area (Å²) in [5.74, 6) is 2.05. The largest absolute Gasteiger partial charge is 0.497 e. The number of hydrogen-bond acceptors (Lipinski definition) is 4. The van der Waals surface area contributed by atoms with Gasteiger partial charge in [-0.1, -0.05) is 12.1 Å². The van der Waals surface area contributed by atoms with E-state index in [0.29, 0.717) is 23.2 Å². The second-order valence-corrected chi connectivity index (χ2v) is 4.62. The Kier molecular flexibility index (Phi) is 5.34. The Bertz CT molecular complexity index is 619. The Hall–Kier alpha value is -2.34. The van der Waals surface area contributed by atoms with Crippen LogP contribution in [0.2, 0.25) is 0 Å². The Morgan fingerprint density at radius 3 is 2.81 bits per heavy atom. The Morgan fingerprint density at radius 2 is 2.05 bits per heavy atom. The molecule has 0 amide bonds. The average molecular weight is 303 g/mol. The zero-order valence-corrected chi connectivity index (χ0v) is 12.7. The summed E-state index contributed by atoms with van der Waals surface area (Å²) in [5, 5.41) is 6.61. The third-order valence-corrected chi connectivity index (χ3v) is 3.06. The molecule has 0 fully saturated rings. The molecule has 0 radical (unpaired) electrons. The number of aromatic nitrogens is 1. The summed E-state index contributed by atoms with van der Waals surface area (Å²) >= 11 is 5.25. The van der Waals surface area contributed by atoms with Crippen molar-refractivity contribution in [1.82, 2.24) is 10.3 Å². The van der Waals surface area contributed by atoms with Gasteiger partial charge in [-0.25, -0.2) is 4.98 Å². The molecule has 0 saturated heterocycles. The van der Waals surface area contributed by atoms with E-state index in [4.69, 9.17) is 21.7 Å². The van der Waals surface area contributed by atoms with Crippen LogP contribution in [0.25, 0.3) is 0 Å². The van der Waals surface area contributed by atoms with Gasteiger partial charge in [0.15, 0.2) is 16.7 Å². The van der Waals surface area contributed by atoms with Crippen molar-refractivity contribution in [3.63, 3.8) is 0 Å². The lowest BCUT2D eigenvalue weighted by atomic mass is 10.2. The van der Waals surface area contributed by atoms with E-state index in [1.54, 1.807) is 26.5 Å². The summed E-state index contributed by atoms with van der Waals surface area (Å²) in [4.78, 5) is 4.19. The third kappa shape index (κ3) is 4.32. The van der Waals surface area contributed by atoms with Gasteiger partial charge in [0.2, 0.25) is 0 Å². The maximum atomic E-state index is 5.25. The molecule has 2 N–H and O–H groups in total. The molecule has 1 aromatic heterocycles. The number of thiocarbonyl (C=S) groups is 1. The van der Waals surface area contributed by atoms with Gasteiger partial charge in [0.25, 0.3) is 0 Å². The van der Waals surface area contributed by atoms with Gasteiger partial charge in [0, 0.05) is 12.7 Å². The Balaban J connectivity index is 1.92. The lowest BCUT2D eigenvalue weighted by Crippen LogP contribution is -2.28. The predicted molar refractivity (Wildman–Crippen MR) is 86.8 cm³/mol. The maximum absolute atomic E-state index is 5.25. The molecule has 0 aliphatic rings. The highest BCUT2D eigenvalue weighted by molar-refractivity contribution is 7.80. The summed E-state index contributed by atoms with van der Waals surface area (Å²) in [7, 11) is 3.24. The monoisotopic (exact) mass is 303 g/mol. The average Bonchev–Trinajstić information content (AvgIpc) is 2.53. The van der Waals surface area contributed by atoms with Crippen molar-refractivity contribution in [3.8, 4) is 11.5 Å². The summed E-state index contributed by atoms with van der Waals surface area (Å²) in [5.41, 5.74) is 1.08. The third-order valence-electron chi connectivity index (χ3n) is 2.81. The number of benzene rings is 1. The molecular weight excluding hydrogens is 286 g/mol. The molecular formula is C15H17N3O2S. The fourth-order valence-electron chi connectivity index (χ4n) is 1.77. The predicted octanol–water partition coefficient (Wildman–Crippen LogP) is 2.59. The van der Waals surface area contributed by atoms with Gasteiger partial charge < -0.3 is 20.1 Å². The number of nitrogens with zero attached hydrogens (tertiary/aromatic N) is 1. The highest BCUT2D eigenvalue weighted by Gasteiger charge is 2.05. The van der Waals surface area contributed by atoms with Crippen LogP contribution in [0, 0.1) is 0 Å². The number of pyridine rings is 1. The van der Waals surface area contributed by atoms with Crippen LogP contribution >= 0.6 is 12.2 Å². The summed E-state index contributed by atoms with van der Waals surface area (Å²) in [6.07, 6.45) is 1.68. The van der Waals surface area contributed by atoms with E-state index in [2.05, 4.69) is 15.6 Å². The molecule has 0 unspecified atom stereocenters. The fraction of sp³-hybridized carbons (Fsp3) is 0.200. The SMILES string of the molecule is COc1cccc(CNC(=S)Nc2ncccc2OC)c1. The summed E-state index contributed by atoms with van der Waals surface area (Å²) in [6, 6.07) is 11.4. The van der Waals surface area contributed by atoms with E-state index in [1.165, 1.54) is 0 Å². The van der Waals surface area contributed by atoms with Gasteiger partial charge in [0.05, 0.1) is 14.2 Å². The number of nitrogens with one attached hydrogen (secondary N) is 2. The summed E-state index contributed by atoms with van der Waals surface area (Å²) in [6.45, 7) is 0.595. The first-order valence-electron chi connectivity index (χ1n) is 6.39. The molecule has 110 valence electrons.